The molecule has 0 bridgehead atoms. The van der Waals surface area contributed by atoms with Gasteiger partial charge in [0.2, 0.25) is 0 Å². The standard InChI is InChI=1S/C22H17ClN2O3/c23-21-6-2-1-4-17(21)15-28-19-9-7-16(8-10-19)12-18(13-24)22(26)25-14-20-5-3-11-27-20/h1-12H,14-15H2,(H,25,26)/b18-12-. The van der Waals surface area contributed by atoms with E-state index in [-0.39, 0.29) is 12.1 Å². The van der Waals surface area contributed by atoms with Gasteiger partial charge >= 0.3 is 0 Å². The van der Waals surface area contributed by atoms with Crippen LogP contribution in [0.1, 0.15) is 16.9 Å². The molecule has 5 nitrogen and oxygen atoms in total. The maximum atomic E-state index is 12.2. The van der Waals surface area contributed by atoms with Crippen molar-refractivity contribution in [1.29, 1.82) is 5.26 Å². The average molecular weight is 393 g/mol. The van der Waals surface area contributed by atoms with Crippen LogP contribution in [0.3, 0.4) is 0 Å². The van der Waals surface area contributed by atoms with Crippen molar-refractivity contribution in [3.63, 3.8) is 0 Å². The summed E-state index contributed by atoms with van der Waals surface area (Å²) in [6, 6.07) is 20.0. The van der Waals surface area contributed by atoms with Crippen LogP contribution in [-0.4, -0.2) is 5.91 Å². The summed E-state index contributed by atoms with van der Waals surface area (Å²) >= 11 is 6.11. The molecule has 0 atom stereocenters. The number of furan rings is 1. The van der Waals surface area contributed by atoms with Crippen molar-refractivity contribution in [3.05, 3.63) is 94.4 Å². The van der Waals surface area contributed by atoms with Crippen LogP contribution in [-0.2, 0) is 17.9 Å². The van der Waals surface area contributed by atoms with E-state index in [0.29, 0.717) is 23.1 Å². The molecule has 3 rings (SSSR count). The lowest BCUT2D eigenvalue weighted by atomic mass is 10.1. The third-order valence-electron chi connectivity index (χ3n) is 3.91. The summed E-state index contributed by atoms with van der Waals surface area (Å²) in [6.07, 6.45) is 3.05. The third-order valence-corrected chi connectivity index (χ3v) is 4.28. The Morgan fingerprint density at radius 3 is 2.61 bits per heavy atom. The summed E-state index contributed by atoms with van der Waals surface area (Å²) in [5.41, 5.74) is 1.62. The maximum Gasteiger partial charge on any atom is 0.262 e. The SMILES string of the molecule is N#C/C(=C/c1ccc(OCc2ccccc2Cl)cc1)C(=O)NCc1ccco1. The predicted molar refractivity (Wildman–Crippen MR) is 106 cm³/mol. The van der Waals surface area contributed by atoms with Gasteiger partial charge in [-0.15, -0.1) is 0 Å². The molecule has 0 aliphatic rings. The van der Waals surface area contributed by atoms with Crippen LogP contribution in [0, 0.1) is 11.3 Å². The number of rotatable bonds is 7. The fourth-order valence-electron chi connectivity index (χ4n) is 2.43. The zero-order valence-corrected chi connectivity index (χ0v) is 15.6. The highest BCUT2D eigenvalue weighted by atomic mass is 35.5. The van der Waals surface area contributed by atoms with Gasteiger partial charge in [-0.3, -0.25) is 4.79 Å². The van der Waals surface area contributed by atoms with Gasteiger partial charge in [0.1, 0.15) is 29.8 Å². The first-order valence-electron chi connectivity index (χ1n) is 8.54. The van der Waals surface area contributed by atoms with Crippen LogP contribution >= 0.6 is 11.6 Å². The number of halogens is 1. The molecule has 0 radical (unpaired) electrons. The molecule has 1 amide bonds. The van der Waals surface area contributed by atoms with E-state index in [1.807, 2.05) is 30.3 Å². The minimum atomic E-state index is -0.460. The molecule has 0 fully saturated rings. The van der Waals surface area contributed by atoms with Crippen LogP contribution in [0.5, 0.6) is 5.75 Å². The van der Waals surface area contributed by atoms with Crippen LogP contribution in [0.2, 0.25) is 5.02 Å². The number of carbonyl (C=O) groups excluding carboxylic acids is 1. The van der Waals surface area contributed by atoms with Gasteiger partial charge < -0.3 is 14.5 Å². The normalized spacial score (nSPS) is 10.9. The van der Waals surface area contributed by atoms with Crippen molar-refractivity contribution in [3.8, 4) is 11.8 Å². The van der Waals surface area contributed by atoms with Crippen molar-refractivity contribution >= 4 is 23.6 Å². The van der Waals surface area contributed by atoms with Crippen molar-refractivity contribution < 1.29 is 13.9 Å². The third kappa shape index (κ3) is 5.26. The summed E-state index contributed by atoms with van der Waals surface area (Å²) in [4.78, 5) is 12.2. The first-order chi connectivity index (χ1) is 13.7. The number of hydrogen-bond donors (Lipinski definition) is 1. The lowest BCUT2D eigenvalue weighted by Crippen LogP contribution is -2.23. The van der Waals surface area contributed by atoms with E-state index in [4.69, 9.17) is 20.8 Å². The zero-order valence-electron chi connectivity index (χ0n) is 14.9. The first-order valence-corrected chi connectivity index (χ1v) is 8.92. The Kier molecular flexibility index (Phi) is 6.50. The fourth-order valence-corrected chi connectivity index (χ4v) is 2.62. The van der Waals surface area contributed by atoms with Gasteiger partial charge in [0, 0.05) is 10.6 Å². The molecule has 0 unspecified atom stereocenters. The van der Waals surface area contributed by atoms with Crippen molar-refractivity contribution in [2.45, 2.75) is 13.2 Å². The molecule has 0 aliphatic carbocycles. The number of nitriles is 1. The van der Waals surface area contributed by atoms with Gasteiger partial charge in [-0.05, 0) is 42.0 Å². The fraction of sp³-hybridized carbons (Fsp3) is 0.0909. The summed E-state index contributed by atoms with van der Waals surface area (Å²) in [7, 11) is 0. The van der Waals surface area contributed by atoms with Gasteiger partial charge in [0.05, 0.1) is 12.8 Å². The van der Waals surface area contributed by atoms with E-state index in [2.05, 4.69) is 5.32 Å². The molecular weight excluding hydrogens is 376 g/mol. The number of benzene rings is 2. The van der Waals surface area contributed by atoms with Crippen LogP contribution in [0.4, 0.5) is 0 Å². The van der Waals surface area contributed by atoms with Crippen LogP contribution in [0.25, 0.3) is 6.08 Å². The number of hydrogen-bond acceptors (Lipinski definition) is 4. The zero-order chi connectivity index (χ0) is 19.8. The van der Waals surface area contributed by atoms with Crippen molar-refractivity contribution in [2.75, 3.05) is 0 Å². The molecule has 0 saturated carbocycles. The highest BCUT2D eigenvalue weighted by Gasteiger charge is 2.09. The van der Waals surface area contributed by atoms with Crippen molar-refractivity contribution in [2.24, 2.45) is 0 Å². The smallest absolute Gasteiger partial charge is 0.262 e. The van der Waals surface area contributed by atoms with E-state index in [9.17, 15) is 10.1 Å². The number of nitrogens with one attached hydrogen (secondary N) is 1. The topological polar surface area (TPSA) is 75.3 Å². The maximum absolute atomic E-state index is 12.2. The Morgan fingerprint density at radius 2 is 1.93 bits per heavy atom. The molecule has 0 spiro atoms. The average Bonchev–Trinajstić information content (AvgIpc) is 3.24. The second-order valence-electron chi connectivity index (χ2n) is 5.88. The van der Waals surface area contributed by atoms with E-state index in [1.54, 1.807) is 36.4 Å². The van der Waals surface area contributed by atoms with E-state index < -0.39 is 5.91 Å². The summed E-state index contributed by atoms with van der Waals surface area (Å²) in [6.45, 7) is 0.577. The molecule has 28 heavy (non-hydrogen) atoms. The number of carbonyl (C=O) groups is 1. The van der Waals surface area contributed by atoms with Gasteiger partial charge in [-0.25, -0.2) is 0 Å². The second-order valence-corrected chi connectivity index (χ2v) is 6.29. The Morgan fingerprint density at radius 1 is 1.14 bits per heavy atom. The summed E-state index contributed by atoms with van der Waals surface area (Å²) in [5.74, 6) is 0.821. The minimum absolute atomic E-state index is 0.0105. The molecular formula is C22H17ClN2O3. The monoisotopic (exact) mass is 392 g/mol. The Labute approximate surface area is 167 Å². The van der Waals surface area contributed by atoms with E-state index in [1.165, 1.54) is 12.3 Å². The molecule has 0 aliphatic heterocycles. The van der Waals surface area contributed by atoms with E-state index >= 15 is 0 Å². The first kappa shape index (κ1) is 19.3. The Balaban J connectivity index is 1.60. The molecule has 1 heterocycles. The quantitative estimate of drug-likeness (QED) is 0.465. The largest absolute Gasteiger partial charge is 0.489 e. The molecule has 1 aromatic heterocycles. The molecule has 3 aromatic rings. The van der Waals surface area contributed by atoms with Crippen molar-refractivity contribution in [1.82, 2.24) is 5.32 Å². The summed E-state index contributed by atoms with van der Waals surface area (Å²) in [5, 5.41) is 12.6. The number of amides is 1. The van der Waals surface area contributed by atoms with Crippen LogP contribution in [0.15, 0.2) is 76.9 Å². The number of ether oxygens (including phenoxy) is 1. The minimum Gasteiger partial charge on any atom is -0.489 e. The van der Waals surface area contributed by atoms with Gasteiger partial charge in [-0.1, -0.05) is 41.9 Å². The molecule has 2 aromatic carbocycles. The predicted octanol–water partition coefficient (Wildman–Crippen LogP) is 4.74. The highest BCUT2D eigenvalue weighted by molar-refractivity contribution is 6.31. The van der Waals surface area contributed by atoms with Gasteiger partial charge in [0.25, 0.3) is 5.91 Å². The Hall–Kier alpha value is -3.49. The summed E-state index contributed by atoms with van der Waals surface area (Å²) < 4.78 is 10.9. The van der Waals surface area contributed by atoms with Gasteiger partial charge in [0.15, 0.2) is 0 Å². The lowest BCUT2D eigenvalue weighted by molar-refractivity contribution is -0.117. The lowest BCUT2D eigenvalue weighted by Gasteiger charge is -2.08. The Bertz CT molecular complexity index is 1000. The van der Waals surface area contributed by atoms with Gasteiger partial charge in [-0.2, -0.15) is 5.26 Å². The molecule has 0 saturated heterocycles. The molecule has 6 heteroatoms. The molecule has 140 valence electrons. The highest BCUT2D eigenvalue weighted by Crippen LogP contribution is 2.19. The van der Waals surface area contributed by atoms with Crippen LogP contribution < -0.4 is 10.1 Å². The number of nitrogens with zero attached hydrogens (tertiary/aromatic N) is 1. The van der Waals surface area contributed by atoms with E-state index in [0.717, 1.165) is 11.1 Å². The second kappa shape index (κ2) is 9.45. The molecule has 1 N–H and O–H groups in total.